The zero-order chi connectivity index (χ0) is 11.8. The molecule has 84 valence electrons. The molecule has 1 aromatic rings. The van der Waals surface area contributed by atoms with E-state index in [1.807, 2.05) is 0 Å². The second kappa shape index (κ2) is 3.59. The average molecular weight is 231 g/mol. The number of aromatic nitrogens is 1. The third-order valence-electron chi connectivity index (χ3n) is 1.52. The Labute approximate surface area is 79.2 Å². The highest BCUT2D eigenvalue weighted by Gasteiger charge is 2.38. The fourth-order valence-corrected chi connectivity index (χ4v) is 0.852. The molecule has 0 atom stereocenters. The Morgan fingerprint density at radius 3 is 2.20 bits per heavy atom. The average Bonchev–Trinajstić information content (AvgIpc) is 2.06. The lowest BCUT2D eigenvalue weighted by atomic mass is 10.2. The summed E-state index contributed by atoms with van der Waals surface area (Å²) in [5, 5.41) is 8.67. The SMILES string of the molecule is Oc1c(C(F)(F)F)ncc(C(F)F)c1F. The molecule has 0 aromatic carbocycles. The van der Waals surface area contributed by atoms with Gasteiger partial charge in [-0.2, -0.15) is 13.2 Å². The van der Waals surface area contributed by atoms with E-state index in [9.17, 15) is 26.3 Å². The molecule has 1 rings (SSSR count). The van der Waals surface area contributed by atoms with E-state index in [4.69, 9.17) is 5.11 Å². The minimum atomic E-state index is -5.09. The fraction of sp³-hybridized carbons (Fsp3) is 0.286. The van der Waals surface area contributed by atoms with Crippen molar-refractivity contribution in [1.29, 1.82) is 0 Å². The summed E-state index contributed by atoms with van der Waals surface area (Å²) in [5.74, 6) is -3.92. The number of halogens is 6. The summed E-state index contributed by atoms with van der Waals surface area (Å²) in [6, 6.07) is 0. The van der Waals surface area contributed by atoms with Crippen molar-refractivity contribution in [3.63, 3.8) is 0 Å². The lowest BCUT2D eigenvalue weighted by Crippen LogP contribution is -2.10. The van der Waals surface area contributed by atoms with E-state index in [0.717, 1.165) is 0 Å². The minimum Gasteiger partial charge on any atom is -0.503 e. The second-order valence-corrected chi connectivity index (χ2v) is 2.52. The lowest BCUT2D eigenvalue weighted by molar-refractivity contribution is -0.142. The zero-order valence-corrected chi connectivity index (χ0v) is 6.82. The maximum absolute atomic E-state index is 12.8. The van der Waals surface area contributed by atoms with Gasteiger partial charge in [0, 0.05) is 6.20 Å². The standard InChI is InChI=1S/C7H3F6NO/c8-3-2(6(9)10)1-14-5(4(3)15)7(11,12)13/h1,6,15H. The van der Waals surface area contributed by atoms with Gasteiger partial charge in [-0.05, 0) is 0 Å². The highest BCUT2D eigenvalue weighted by Crippen LogP contribution is 2.37. The van der Waals surface area contributed by atoms with E-state index in [1.54, 1.807) is 0 Å². The van der Waals surface area contributed by atoms with E-state index in [0.29, 0.717) is 0 Å². The zero-order valence-electron chi connectivity index (χ0n) is 6.82. The summed E-state index contributed by atoms with van der Waals surface area (Å²) in [6.45, 7) is 0. The molecule has 0 aliphatic carbocycles. The smallest absolute Gasteiger partial charge is 0.437 e. The predicted molar refractivity (Wildman–Crippen MR) is 35.8 cm³/mol. The molecule has 0 aliphatic rings. The third-order valence-corrected chi connectivity index (χ3v) is 1.52. The van der Waals surface area contributed by atoms with Gasteiger partial charge in [-0.3, -0.25) is 0 Å². The molecule has 1 aromatic heterocycles. The van der Waals surface area contributed by atoms with Crippen LogP contribution in [0.15, 0.2) is 6.20 Å². The summed E-state index contributed by atoms with van der Waals surface area (Å²) < 4.78 is 72.7. The van der Waals surface area contributed by atoms with Gasteiger partial charge in [-0.25, -0.2) is 18.2 Å². The van der Waals surface area contributed by atoms with Crippen molar-refractivity contribution in [1.82, 2.24) is 4.98 Å². The molecule has 1 heterocycles. The van der Waals surface area contributed by atoms with Gasteiger partial charge in [0.05, 0.1) is 5.56 Å². The number of nitrogens with zero attached hydrogens (tertiary/aromatic N) is 1. The van der Waals surface area contributed by atoms with E-state index < -0.39 is 35.4 Å². The van der Waals surface area contributed by atoms with Crippen molar-refractivity contribution in [2.75, 3.05) is 0 Å². The van der Waals surface area contributed by atoms with Crippen LogP contribution in [0.4, 0.5) is 26.3 Å². The molecule has 15 heavy (non-hydrogen) atoms. The van der Waals surface area contributed by atoms with Crippen molar-refractivity contribution in [2.24, 2.45) is 0 Å². The normalized spacial score (nSPS) is 12.2. The number of rotatable bonds is 1. The van der Waals surface area contributed by atoms with Gasteiger partial charge in [-0.1, -0.05) is 0 Å². The molecule has 8 heteroatoms. The van der Waals surface area contributed by atoms with Gasteiger partial charge in [0.25, 0.3) is 6.43 Å². The second-order valence-electron chi connectivity index (χ2n) is 2.52. The van der Waals surface area contributed by atoms with Crippen molar-refractivity contribution < 1.29 is 31.4 Å². The quantitative estimate of drug-likeness (QED) is 0.754. The first-order valence-electron chi connectivity index (χ1n) is 3.48. The molecule has 0 spiro atoms. The molecule has 1 N–H and O–H groups in total. The minimum absolute atomic E-state index is 0.0442. The molecule has 0 saturated carbocycles. The number of hydrogen-bond donors (Lipinski definition) is 1. The molecular weight excluding hydrogens is 228 g/mol. The van der Waals surface area contributed by atoms with Crippen LogP contribution < -0.4 is 0 Å². The van der Waals surface area contributed by atoms with Gasteiger partial charge < -0.3 is 5.11 Å². The number of alkyl halides is 5. The fourth-order valence-electron chi connectivity index (χ4n) is 0.852. The van der Waals surface area contributed by atoms with Crippen LogP contribution in [0.5, 0.6) is 5.75 Å². The molecule has 0 fully saturated rings. The van der Waals surface area contributed by atoms with Crippen LogP contribution in [-0.2, 0) is 6.18 Å². The van der Waals surface area contributed by atoms with Gasteiger partial charge in [0.1, 0.15) is 0 Å². The molecule has 2 nitrogen and oxygen atoms in total. The van der Waals surface area contributed by atoms with Crippen LogP contribution in [0.3, 0.4) is 0 Å². The summed E-state index contributed by atoms with van der Waals surface area (Å²) in [6.07, 6.45) is -8.39. The van der Waals surface area contributed by atoms with Gasteiger partial charge in [-0.15, -0.1) is 0 Å². The highest BCUT2D eigenvalue weighted by molar-refractivity contribution is 5.34. The first-order valence-corrected chi connectivity index (χ1v) is 3.48. The van der Waals surface area contributed by atoms with E-state index in [-0.39, 0.29) is 6.20 Å². The summed E-state index contributed by atoms with van der Waals surface area (Å²) >= 11 is 0. The predicted octanol–water partition coefficient (Wildman–Crippen LogP) is 2.88. The van der Waals surface area contributed by atoms with Crippen molar-refractivity contribution in [2.45, 2.75) is 12.6 Å². The molecule has 0 saturated heterocycles. The van der Waals surface area contributed by atoms with E-state index in [1.165, 1.54) is 0 Å². The Morgan fingerprint density at radius 1 is 1.27 bits per heavy atom. The van der Waals surface area contributed by atoms with Crippen LogP contribution in [0.2, 0.25) is 0 Å². The van der Waals surface area contributed by atoms with Gasteiger partial charge >= 0.3 is 6.18 Å². The largest absolute Gasteiger partial charge is 0.503 e. The molecule has 0 amide bonds. The van der Waals surface area contributed by atoms with Crippen LogP contribution in [0.1, 0.15) is 17.7 Å². The maximum atomic E-state index is 12.8. The summed E-state index contributed by atoms with van der Waals surface area (Å²) in [4.78, 5) is 2.54. The number of aromatic hydroxyl groups is 1. The Bertz CT molecular complexity index is 374. The molecule has 0 radical (unpaired) electrons. The van der Waals surface area contributed by atoms with E-state index in [2.05, 4.69) is 4.98 Å². The van der Waals surface area contributed by atoms with Gasteiger partial charge in [0.15, 0.2) is 17.3 Å². The molecular formula is C7H3F6NO. The third kappa shape index (κ3) is 2.13. The first kappa shape index (κ1) is 11.6. The number of pyridine rings is 1. The Kier molecular flexibility index (Phi) is 2.78. The van der Waals surface area contributed by atoms with Crippen LogP contribution in [-0.4, -0.2) is 10.1 Å². The Morgan fingerprint density at radius 2 is 1.80 bits per heavy atom. The summed E-state index contributed by atoms with van der Waals surface area (Å²) in [5.41, 5.74) is -3.30. The molecule has 0 aliphatic heterocycles. The van der Waals surface area contributed by atoms with Crippen molar-refractivity contribution in [3.05, 3.63) is 23.3 Å². The Balaban J connectivity index is 3.34. The van der Waals surface area contributed by atoms with Crippen LogP contribution >= 0.6 is 0 Å². The lowest BCUT2D eigenvalue weighted by Gasteiger charge is -2.10. The van der Waals surface area contributed by atoms with Crippen molar-refractivity contribution >= 4 is 0 Å². The molecule has 0 unspecified atom stereocenters. The highest BCUT2D eigenvalue weighted by atomic mass is 19.4. The molecule has 0 bridgehead atoms. The van der Waals surface area contributed by atoms with Crippen LogP contribution in [0, 0.1) is 5.82 Å². The first-order chi connectivity index (χ1) is 6.75. The topological polar surface area (TPSA) is 33.1 Å². The number of hydrogen-bond acceptors (Lipinski definition) is 2. The van der Waals surface area contributed by atoms with Gasteiger partial charge in [0.2, 0.25) is 0 Å². The van der Waals surface area contributed by atoms with Crippen LogP contribution in [0.25, 0.3) is 0 Å². The summed E-state index contributed by atoms with van der Waals surface area (Å²) in [7, 11) is 0. The monoisotopic (exact) mass is 231 g/mol. The van der Waals surface area contributed by atoms with Crippen molar-refractivity contribution in [3.8, 4) is 5.75 Å². The Hall–Kier alpha value is -1.47. The maximum Gasteiger partial charge on any atom is 0.437 e. The van der Waals surface area contributed by atoms with E-state index >= 15 is 0 Å².